The molecule has 0 unspecified atom stereocenters. The molecule has 0 aromatic carbocycles. The highest BCUT2D eigenvalue weighted by molar-refractivity contribution is 5.69. The third kappa shape index (κ3) is 2.31. The molecule has 0 bridgehead atoms. The van der Waals surface area contributed by atoms with Crippen LogP contribution in [0.15, 0.2) is 4.52 Å². The van der Waals surface area contributed by atoms with E-state index in [1.54, 1.807) is 11.8 Å². The number of likely N-dealkylation sites (tertiary alicyclic amines) is 1. The minimum Gasteiger partial charge on any atom is -0.444 e. The zero-order chi connectivity index (χ0) is 13.8. The zero-order valence-corrected chi connectivity index (χ0v) is 11.7. The Labute approximate surface area is 112 Å². The van der Waals surface area contributed by atoms with E-state index in [-0.39, 0.29) is 6.09 Å². The lowest BCUT2D eigenvalue weighted by Gasteiger charge is -2.25. The predicted octanol–water partition coefficient (Wildman–Crippen LogP) is 1.96. The van der Waals surface area contributed by atoms with Crippen molar-refractivity contribution in [1.82, 2.24) is 15.0 Å². The van der Waals surface area contributed by atoms with E-state index in [9.17, 15) is 4.79 Å². The molecule has 1 saturated heterocycles. The van der Waals surface area contributed by atoms with Crippen molar-refractivity contribution in [3.63, 3.8) is 0 Å². The lowest BCUT2D eigenvalue weighted by Crippen LogP contribution is -2.36. The Balaban J connectivity index is 1.57. The van der Waals surface area contributed by atoms with Gasteiger partial charge in [0.15, 0.2) is 5.82 Å². The van der Waals surface area contributed by atoms with E-state index in [0.29, 0.717) is 23.6 Å². The Morgan fingerprint density at radius 3 is 2.47 bits per heavy atom. The SMILES string of the molecule is Cc1nc([C@H]2[C@@H]3CN(C(=O)OC(C)(C)C)C[C@@H]32)no1. The number of ether oxygens (including phenoxy) is 1. The van der Waals surface area contributed by atoms with E-state index >= 15 is 0 Å². The van der Waals surface area contributed by atoms with E-state index in [1.165, 1.54) is 0 Å². The molecule has 6 nitrogen and oxygen atoms in total. The second-order valence-corrected chi connectivity index (χ2v) is 6.41. The van der Waals surface area contributed by atoms with Crippen LogP contribution in [-0.2, 0) is 4.74 Å². The maximum Gasteiger partial charge on any atom is 0.410 e. The van der Waals surface area contributed by atoms with E-state index in [0.717, 1.165) is 18.9 Å². The number of nitrogens with zero attached hydrogens (tertiary/aromatic N) is 3. The Hall–Kier alpha value is -1.59. The number of rotatable bonds is 1. The summed E-state index contributed by atoms with van der Waals surface area (Å²) in [6.45, 7) is 8.91. The molecule has 1 amide bonds. The number of piperidine rings is 1. The van der Waals surface area contributed by atoms with Crippen molar-refractivity contribution < 1.29 is 14.1 Å². The van der Waals surface area contributed by atoms with Crippen LogP contribution in [0.5, 0.6) is 0 Å². The fourth-order valence-electron chi connectivity index (χ4n) is 2.84. The van der Waals surface area contributed by atoms with Crippen LogP contribution in [0.3, 0.4) is 0 Å². The van der Waals surface area contributed by atoms with Crippen molar-refractivity contribution >= 4 is 6.09 Å². The standard InChI is InChI=1S/C13H19N3O3/c1-7-14-11(15-19-7)10-8-5-16(6-9(8)10)12(17)18-13(2,3)4/h8-10H,5-6H2,1-4H3/t8-,9+,10+. The molecule has 2 aliphatic rings. The molecule has 0 radical (unpaired) electrons. The van der Waals surface area contributed by atoms with Gasteiger partial charge in [-0.1, -0.05) is 5.16 Å². The van der Waals surface area contributed by atoms with Gasteiger partial charge >= 0.3 is 6.09 Å². The molecule has 2 heterocycles. The second kappa shape index (κ2) is 3.95. The fourth-order valence-corrected chi connectivity index (χ4v) is 2.84. The molecule has 19 heavy (non-hydrogen) atoms. The van der Waals surface area contributed by atoms with Gasteiger partial charge in [0, 0.05) is 25.9 Å². The van der Waals surface area contributed by atoms with Gasteiger partial charge in [-0.15, -0.1) is 0 Å². The van der Waals surface area contributed by atoms with E-state index in [4.69, 9.17) is 9.26 Å². The number of amides is 1. The summed E-state index contributed by atoms with van der Waals surface area (Å²) < 4.78 is 10.4. The summed E-state index contributed by atoms with van der Waals surface area (Å²) in [7, 11) is 0. The summed E-state index contributed by atoms with van der Waals surface area (Å²) in [5.41, 5.74) is -0.436. The normalized spacial score (nSPS) is 29.3. The van der Waals surface area contributed by atoms with Gasteiger partial charge in [-0.2, -0.15) is 4.98 Å². The minimum atomic E-state index is -0.436. The lowest BCUT2D eigenvalue weighted by molar-refractivity contribution is 0.0270. The Bertz CT molecular complexity index is 493. The molecule has 2 fully saturated rings. The zero-order valence-electron chi connectivity index (χ0n) is 11.7. The van der Waals surface area contributed by atoms with Crippen LogP contribution in [0.1, 0.15) is 38.4 Å². The fraction of sp³-hybridized carbons (Fsp3) is 0.769. The topological polar surface area (TPSA) is 68.5 Å². The highest BCUT2D eigenvalue weighted by Gasteiger charge is 2.59. The van der Waals surface area contributed by atoms with Crippen LogP contribution in [0, 0.1) is 18.8 Å². The van der Waals surface area contributed by atoms with Gasteiger partial charge in [0.1, 0.15) is 5.60 Å². The van der Waals surface area contributed by atoms with Gasteiger partial charge in [0.05, 0.1) is 0 Å². The highest BCUT2D eigenvalue weighted by Crippen LogP contribution is 2.57. The van der Waals surface area contributed by atoms with Crippen LogP contribution in [0.2, 0.25) is 0 Å². The minimum absolute atomic E-state index is 0.220. The Morgan fingerprint density at radius 2 is 2.00 bits per heavy atom. The van der Waals surface area contributed by atoms with Crippen LogP contribution in [-0.4, -0.2) is 39.8 Å². The van der Waals surface area contributed by atoms with Crippen molar-refractivity contribution in [3.8, 4) is 0 Å². The van der Waals surface area contributed by atoms with Crippen LogP contribution in [0.4, 0.5) is 4.79 Å². The molecular formula is C13H19N3O3. The predicted molar refractivity (Wildman–Crippen MR) is 66.6 cm³/mol. The molecular weight excluding hydrogens is 246 g/mol. The summed E-state index contributed by atoms with van der Waals surface area (Å²) in [5.74, 6) is 2.67. The molecule has 104 valence electrons. The number of carbonyl (C=O) groups is 1. The van der Waals surface area contributed by atoms with Gasteiger partial charge < -0.3 is 14.2 Å². The van der Waals surface area contributed by atoms with E-state index in [2.05, 4.69) is 10.1 Å². The number of hydrogen-bond acceptors (Lipinski definition) is 5. The maximum absolute atomic E-state index is 11.9. The summed E-state index contributed by atoms with van der Waals surface area (Å²) in [5, 5.41) is 3.97. The number of carbonyl (C=O) groups excluding carboxylic acids is 1. The van der Waals surface area contributed by atoms with Gasteiger partial charge in [-0.05, 0) is 32.6 Å². The highest BCUT2D eigenvalue weighted by atomic mass is 16.6. The van der Waals surface area contributed by atoms with Gasteiger partial charge in [0.2, 0.25) is 5.89 Å². The Morgan fingerprint density at radius 1 is 1.37 bits per heavy atom. The Kier molecular flexibility index (Phi) is 2.59. The van der Waals surface area contributed by atoms with Crippen molar-refractivity contribution in [2.24, 2.45) is 11.8 Å². The second-order valence-electron chi connectivity index (χ2n) is 6.41. The molecule has 3 atom stereocenters. The number of hydrogen-bond donors (Lipinski definition) is 0. The molecule has 0 spiro atoms. The number of aryl methyl sites for hydroxylation is 1. The van der Waals surface area contributed by atoms with Crippen LogP contribution < -0.4 is 0 Å². The molecule has 0 N–H and O–H groups in total. The molecule has 1 aliphatic carbocycles. The monoisotopic (exact) mass is 265 g/mol. The largest absolute Gasteiger partial charge is 0.444 e. The van der Waals surface area contributed by atoms with Crippen molar-refractivity contribution in [2.45, 2.75) is 39.2 Å². The summed E-state index contributed by atoms with van der Waals surface area (Å²) in [6.07, 6.45) is -0.220. The first-order valence-corrected chi connectivity index (χ1v) is 6.63. The lowest BCUT2D eigenvalue weighted by atomic mass is 10.2. The van der Waals surface area contributed by atoms with Crippen molar-refractivity contribution in [3.05, 3.63) is 11.7 Å². The van der Waals surface area contributed by atoms with Crippen LogP contribution in [0.25, 0.3) is 0 Å². The third-order valence-corrected chi connectivity index (χ3v) is 3.69. The van der Waals surface area contributed by atoms with E-state index < -0.39 is 5.60 Å². The molecule has 6 heteroatoms. The first kappa shape index (κ1) is 12.4. The number of fused-ring (bicyclic) bond motifs is 1. The quantitative estimate of drug-likeness (QED) is 0.776. The average molecular weight is 265 g/mol. The van der Waals surface area contributed by atoms with Gasteiger partial charge in [0.25, 0.3) is 0 Å². The first-order chi connectivity index (χ1) is 8.85. The molecule has 1 saturated carbocycles. The first-order valence-electron chi connectivity index (χ1n) is 6.63. The van der Waals surface area contributed by atoms with E-state index in [1.807, 2.05) is 20.8 Å². The smallest absolute Gasteiger partial charge is 0.410 e. The molecule has 1 aromatic heterocycles. The molecule has 3 rings (SSSR count). The summed E-state index contributed by atoms with van der Waals surface area (Å²) >= 11 is 0. The molecule has 1 aliphatic heterocycles. The third-order valence-electron chi connectivity index (χ3n) is 3.69. The average Bonchev–Trinajstić information content (AvgIpc) is 2.67. The van der Waals surface area contributed by atoms with Crippen molar-refractivity contribution in [2.75, 3.05) is 13.1 Å². The number of aromatic nitrogens is 2. The van der Waals surface area contributed by atoms with Crippen LogP contribution >= 0.6 is 0 Å². The van der Waals surface area contributed by atoms with Gasteiger partial charge in [-0.25, -0.2) is 4.79 Å². The summed E-state index contributed by atoms with van der Waals surface area (Å²) in [4.78, 5) is 18.0. The molecule has 1 aromatic rings. The van der Waals surface area contributed by atoms with Gasteiger partial charge in [-0.3, -0.25) is 0 Å². The summed E-state index contributed by atoms with van der Waals surface area (Å²) in [6, 6.07) is 0. The van der Waals surface area contributed by atoms with Crippen molar-refractivity contribution in [1.29, 1.82) is 0 Å². The maximum atomic E-state index is 11.9.